The molecule has 1 N–H and O–H groups in total. The summed E-state index contributed by atoms with van der Waals surface area (Å²) in [6, 6.07) is 0. The fourth-order valence-corrected chi connectivity index (χ4v) is 2.59. The van der Waals surface area contributed by atoms with E-state index in [1.165, 1.54) is 44.9 Å². The minimum Gasteiger partial charge on any atom is -0.479 e. The summed E-state index contributed by atoms with van der Waals surface area (Å²) in [5.41, 5.74) is 0. The first-order chi connectivity index (χ1) is 12.6. The van der Waals surface area contributed by atoms with Crippen molar-refractivity contribution in [3.63, 3.8) is 0 Å². The lowest BCUT2D eigenvalue weighted by Gasteiger charge is -2.12. The SMILES string of the molecule is CCCCCCCC/C=C\CCCCCCC(OOOC(C)C)C(=O)O. The molecule has 5 heteroatoms. The largest absolute Gasteiger partial charge is 0.479 e. The van der Waals surface area contributed by atoms with Gasteiger partial charge in [0, 0.05) is 0 Å². The van der Waals surface area contributed by atoms with Crippen LogP contribution in [0.15, 0.2) is 12.2 Å². The molecule has 0 heterocycles. The molecule has 26 heavy (non-hydrogen) atoms. The Kier molecular flexibility index (Phi) is 18.2. The second-order valence-corrected chi connectivity index (χ2v) is 7.16. The van der Waals surface area contributed by atoms with E-state index in [1.807, 2.05) is 0 Å². The molecule has 0 aliphatic heterocycles. The lowest BCUT2D eigenvalue weighted by Crippen LogP contribution is -2.24. The van der Waals surface area contributed by atoms with Crippen molar-refractivity contribution in [1.29, 1.82) is 0 Å². The lowest BCUT2D eigenvalue weighted by atomic mass is 10.1. The zero-order valence-corrected chi connectivity index (χ0v) is 17.1. The Morgan fingerprint density at radius 2 is 1.38 bits per heavy atom. The minimum atomic E-state index is -1.02. The topological polar surface area (TPSA) is 65.0 Å². The lowest BCUT2D eigenvalue weighted by molar-refractivity contribution is -0.532. The maximum atomic E-state index is 11.1. The standard InChI is InChI=1S/C21H40O5/c1-4-5-6-7-8-9-10-11-12-13-14-15-16-17-18-20(21(22)23)25-26-24-19(2)3/h11-12,19-20H,4-10,13-18H2,1-3H3,(H,22,23)/b12-11-. The summed E-state index contributed by atoms with van der Waals surface area (Å²) < 4.78 is 0. The Balaban J connectivity index is 3.46. The number of hydrogen-bond donors (Lipinski definition) is 1. The second-order valence-electron chi connectivity index (χ2n) is 7.16. The van der Waals surface area contributed by atoms with Gasteiger partial charge in [0.1, 0.15) is 0 Å². The van der Waals surface area contributed by atoms with Gasteiger partial charge in [-0.25, -0.2) is 9.68 Å². The molecule has 0 aliphatic rings. The molecule has 0 fully saturated rings. The van der Waals surface area contributed by atoms with E-state index in [9.17, 15) is 4.79 Å². The molecule has 0 spiro atoms. The Labute approximate surface area is 160 Å². The van der Waals surface area contributed by atoms with Gasteiger partial charge in [-0.3, -0.25) is 0 Å². The summed E-state index contributed by atoms with van der Waals surface area (Å²) in [7, 11) is 0. The molecule has 0 rings (SSSR count). The summed E-state index contributed by atoms with van der Waals surface area (Å²) in [5.74, 6) is -1.02. The van der Waals surface area contributed by atoms with Crippen molar-refractivity contribution < 1.29 is 24.7 Å². The van der Waals surface area contributed by atoms with Gasteiger partial charge in [0.2, 0.25) is 0 Å². The third kappa shape index (κ3) is 17.9. The minimum absolute atomic E-state index is 0.168. The number of rotatable bonds is 19. The van der Waals surface area contributed by atoms with Gasteiger partial charge >= 0.3 is 5.97 Å². The quantitative estimate of drug-likeness (QED) is 0.123. The molecule has 154 valence electrons. The van der Waals surface area contributed by atoms with Crippen molar-refractivity contribution in [3.05, 3.63) is 12.2 Å². The van der Waals surface area contributed by atoms with Gasteiger partial charge < -0.3 is 5.11 Å². The van der Waals surface area contributed by atoms with E-state index in [0.29, 0.717) is 6.42 Å². The fraction of sp³-hybridized carbons (Fsp3) is 0.857. The predicted octanol–water partition coefficient (Wildman–Crippen LogP) is 6.38. The highest BCUT2D eigenvalue weighted by Crippen LogP contribution is 2.12. The van der Waals surface area contributed by atoms with Crippen molar-refractivity contribution in [3.8, 4) is 0 Å². The van der Waals surface area contributed by atoms with E-state index in [4.69, 9.17) is 14.9 Å². The fourth-order valence-electron chi connectivity index (χ4n) is 2.59. The van der Waals surface area contributed by atoms with E-state index in [1.54, 1.807) is 13.8 Å². The number of allylic oxidation sites excluding steroid dienone is 2. The Morgan fingerprint density at radius 1 is 0.846 bits per heavy atom. The van der Waals surface area contributed by atoms with Gasteiger partial charge in [-0.05, 0) is 46.0 Å². The highest BCUT2D eigenvalue weighted by Gasteiger charge is 2.19. The molecule has 0 saturated heterocycles. The molecule has 0 aliphatic carbocycles. The van der Waals surface area contributed by atoms with E-state index < -0.39 is 12.1 Å². The van der Waals surface area contributed by atoms with Gasteiger partial charge in [-0.2, -0.15) is 4.89 Å². The Morgan fingerprint density at radius 3 is 1.92 bits per heavy atom. The molecule has 1 unspecified atom stereocenters. The number of carboxylic acids is 1. The summed E-state index contributed by atoms with van der Waals surface area (Å²) in [4.78, 5) is 20.6. The number of hydrogen-bond acceptors (Lipinski definition) is 4. The Bertz CT molecular complexity index is 341. The normalized spacial score (nSPS) is 12.9. The average molecular weight is 373 g/mol. The zero-order valence-electron chi connectivity index (χ0n) is 17.1. The van der Waals surface area contributed by atoms with Crippen molar-refractivity contribution in [1.82, 2.24) is 0 Å². The van der Waals surface area contributed by atoms with Gasteiger partial charge in [0.15, 0.2) is 6.10 Å². The molecule has 5 nitrogen and oxygen atoms in total. The van der Waals surface area contributed by atoms with Crippen molar-refractivity contribution >= 4 is 5.97 Å². The summed E-state index contributed by atoms with van der Waals surface area (Å²) in [6.07, 6.45) is 18.4. The molecular formula is C21H40O5. The van der Waals surface area contributed by atoms with Crippen LogP contribution in [0.5, 0.6) is 0 Å². The van der Waals surface area contributed by atoms with Crippen LogP contribution in [0.1, 0.15) is 104 Å². The van der Waals surface area contributed by atoms with Crippen molar-refractivity contribution in [2.24, 2.45) is 0 Å². The third-order valence-electron chi connectivity index (χ3n) is 4.14. The highest BCUT2D eigenvalue weighted by atomic mass is 17.5. The molecule has 0 aromatic rings. The van der Waals surface area contributed by atoms with Crippen LogP contribution in [0, 0.1) is 0 Å². The molecule has 0 bridgehead atoms. The van der Waals surface area contributed by atoms with Crippen LogP contribution in [-0.4, -0.2) is 23.3 Å². The van der Waals surface area contributed by atoms with Gasteiger partial charge in [-0.15, -0.1) is 0 Å². The summed E-state index contributed by atoms with van der Waals surface area (Å²) in [5, 5.41) is 13.6. The monoisotopic (exact) mass is 372 g/mol. The third-order valence-corrected chi connectivity index (χ3v) is 4.14. The zero-order chi connectivity index (χ0) is 19.5. The van der Waals surface area contributed by atoms with Gasteiger partial charge in [-0.1, -0.05) is 75.5 Å². The number of carboxylic acid groups (broad SMARTS) is 1. The average Bonchev–Trinajstić information content (AvgIpc) is 2.60. The molecule has 0 aromatic heterocycles. The molecular weight excluding hydrogens is 332 g/mol. The second kappa shape index (κ2) is 18.9. The van der Waals surface area contributed by atoms with Crippen molar-refractivity contribution in [2.75, 3.05) is 0 Å². The van der Waals surface area contributed by atoms with Crippen molar-refractivity contribution in [2.45, 2.75) is 116 Å². The van der Waals surface area contributed by atoms with Crippen LogP contribution in [0.2, 0.25) is 0 Å². The van der Waals surface area contributed by atoms with Crippen LogP contribution in [-0.2, 0) is 19.6 Å². The van der Waals surface area contributed by atoms with E-state index in [2.05, 4.69) is 24.1 Å². The van der Waals surface area contributed by atoms with Crippen LogP contribution in [0.4, 0.5) is 0 Å². The van der Waals surface area contributed by atoms with Gasteiger partial charge in [0.05, 0.1) is 6.10 Å². The smallest absolute Gasteiger partial charge is 0.336 e. The first-order valence-corrected chi connectivity index (χ1v) is 10.4. The molecule has 1 atom stereocenters. The maximum Gasteiger partial charge on any atom is 0.336 e. The van der Waals surface area contributed by atoms with E-state index in [0.717, 1.165) is 32.1 Å². The summed E-state index contributed by atoms with van der Waals surface area (Å²) >= 11 is 0. The highest BCUT2D eigenvalue weighted by molar-refractivity contribution is 5.72. The number of carbonyl (C=O) groups is 1. The van der Waals surface area contributed by atoms with Crippen LogP contribution in [0.3, 0.4) is 0 Å². The van der Waals surface area contributed by atoms with E-state index >= 15 is 0 Å². The molecule has 0 amide bonds. The van der Waals surface area contributed by atoms with E-state index in [-0.39, 0.29) is 6.10 Å². The number of unbranched alkanes of at least 4 members (excludes halogenated alkanes) is 10. The predicted molar refractivity (Wildman–Crippen MR) is 105 cm³/mol. The maximum absolute atomic E-state index is 11.1. The van der Waals surface area contributed by atoms with Crippen LogP contribution >= 0.6 is 0 Å². The number of aliphatic carboxylic acids is 1. The summed E-state index contributed by atoms with van der Waals surface area (Å²) in [6.45, 7) is 5.81. The molecule has 0 aromatic carbocycles. The first kappa shape index (κ1) is 25.1. The molecule has 0 saturated carbocycles. The molecule has 0 radical (unpaired) electrons. The van der Waals surface area contributed by atoms with Gasteiger partial charge in [0.25, 0.3) is 0 Å². The Hall–Kier alpha value is -0.910. The first-order valence-electron chi connectivity index (χ1n) is 10.4. The van der Waals surface area contributed by atoms with Crippen LogP contribution < -0.4 is 0 Å². The van der Waals surface area contributed by atoms with Crippen LogP contribution in [0.25, 0.3) is 0 Å².